The predicted octanol–water partition coefficient (Wildman–Crippen LogP) is 2.62. The second-order valence-electron chi connectivity index (χ2n) is 5.23. The number of aromatic nitrogens is 1. The number of thiophene rings is 1. The monoisotopic (exact) mass is 329 g/mol. The Hall–Kier alpha value is -2.59. The number of H-pyrrole nitrogens is 1. The van der Waals surface area contributed by atoms with E-state index in [0.717, 1.165) is 31.2 Å². The number of carbonyl (C=O) groups is 2. The van der Waals surface area contributed by atoms with E-state index in [0.29, 0.717) is 16.3 Å². The molecule has 6 nitrogen and oxygen atoms in total. The Balaban J connectivity index is 1.63. The molecule has 2 aromatic rings. The quantitative estimate of drug-likeness (QED) is 0.843. The van der Waals surface area contributed by atoms with Gasteiger partial charge in [0.1, 0.15) is 16.8 Å². The van der Waals surface area contributed by atoms with Crippen LogP contribution in [-0.2, 0) is 22.4 Å². The largest absolute Gasteiger partial charge is 0.451 e. The van der Waals surface area contributed by atoms with Crippen LogP contribution in [0, 0.1) is 11.3 Å². The van der Waals surface area contributed by atoms with Gasteiger partial charge < -0.3 is 15.0 Å². The number of nitrogens with one attached hydrogen (secondary N) is 2. The number of rotatable bonds is 4. The van der Waals surface area contributed by atoms with Gasteiger partial charge in [-0.25, -0.2) is 4.79 Å². The molecule has 1 aliphatic carbocycles. The van der Waals surface area contributed by atoms with E-state index in [1.54, 1.807) is 18.3 Å². The van der Waals surface area contributed by atoms with Crippen molar-refractivity contribution in [2.45, 2.75) is 25.7 Å². The fraction of sp³-hybridized carbons (Fsp3) is 0.312. The first-order valence-corrected chi connectivity index (χ1v) is 8.15. The average molecular weight is 329 g/mol. The van der Waals surface area contributed by atoms with Crippen LogP contribution in [0.1, 0.15) is 39.3 Å². The van der Waals surface area contributed by atoms with Crippen LogP contribution in [0.25, 0.3) is 0 Å². The lowest BCUT2D eigenvalue weighted by molar-refractivity contribution is -0.119. The van der Waals surface area contributed by atoms with Crippen molar-refractivity contribution in [3.05, 3.63) is 40.0 Å². The second kappa shape index (κ2) is 6.67. The molecule has 118 valence electrons. The minimum Gasteiger partial charge on any atom is -0.451 e. The van der Waals surface area contributed by atoms with Crippen molar-refractivity contribution in [3.63, 3.8) is 0 Å². The maximum absolute atomic E-state index is 12.0. The summed E-state index contributed by atoms with van der Waals surface area (Å²) in [4.78, 5) is 27.5. The summed E-state index contributed by atoms with van der Waals surface area (Å²) in [7, 11) is 0. The highest BCUT2D eigenvalue weighted by Crippen LogP contribution is 2.37. The van der Waals surface area contributed by atoms with Crippen LogP contribution in [0.5, 0.6) is 0 Å². The fourth-order valence-corrected chi connectivity index (χ4v) is 3.86. The highest BCUT2D eigenvalue weighted by Gasteiger charge is 2.22. The van der Waals surface area contributed by atoms with Gasteiger partial charge in [-0.05, 0) is 43.4 Å². The summed E-state index contributed by atoms with van der Waals surface area (Å²) in [6.45, 7) is -0.384. The Morgan fingerprint density at radius 1 is 1.39 bits per heavy atom. The zero-order valence-electron chi connectivity index (χ0n) is 12.3. The molecular formula is C16H15N3O3S. The number of nitriles is 1. The van der Waals surface area contributed by atoms with Gasteiger partial charge in [-0.15, -0.1) is 11.3 Å². The van der Waals surface area contributed by atoms with Gasteiger partial charge in [0, 0.05) is 11.1 Å². The lowest BCUT2D eigenvalue weighted by Crippen LogP contribution is -2.21. The third-order valence-corrected chi connectivity index (χ3v) is 4.90. The number of ether oxygens (including phenoxy) is 1. The molecule has 2 heterocycles. The summed E-state index contributed by atoms with van der Waals surface area (Å²) in [5.74, 6) is -1.03. The van der Waals surface area contributed by atoms with Crippen molar-refractivity contribution in [1.29, 1.82) is 5.26 Å². The average Bonchev–Trinajstić information content (AvgIpc) is 3.19. The summed E-state index contributed by atoms with van der Waals surface area (Å²) in [6.07, 6.45) is 5.61. The number of carbonyl (C=O) groups excluding carboxylic acids is 2. The molecule has 1 amide bonds. The molecule has 7 heteroatoms. The van der Waals surface area contributed by atoms with Crippen LogP contribution < -0.4 is 5.32 Å². The third-order valence-electron chi connectivity index (χ3n) is 3.69. The summed E-state index contributed by atoms with van der Waals surface area (Å²) in [6, 6.07) is 5.42. The molecule has 1 aliphatic rings. The van der Waals surface area contributed by atoms with Crippen LogP contribution in [0.4, 0.5) is 5.00 Å². The lowest BCUT2D eigenvalue weighted by atomic mass is 9.96. The Kier molecular flexibility index (Phi) is 4.44. The summed E-state index contributed by atoms with van der Waals surface area (Å²) in [5.41, 5.74) is 1.90. The molecule has 0 fully saturated rings. The molecule has 0 unspecified atom stereocenters. The van der Waals surface area contributed by atoms with Crippen molar-refractivity contribution in [1.82, 2.24) is 4.98 Å². The molecule has 2 aromatic heterocycles. The molecule has 3 rings (SSSR count). The molecule has 2 N–H and O–H groups in total. The first-order chi connectivity index (χ1) is 11.2. The number of nitrogens with zero attached hydrogens (tertiary/aromatic N) is 1. The van der Waals surface area contributed by atoms with E-state index in [9.17, 15) is 14.9 Å². The third kappa shape index (κ3) is 3.27. The van der Waals surface area contributed by atoms with E-state index >= 15 is 0 Å². The number of amides is 1. The number of aryl methyl sites for hydroxylation is 1. The SMILES string of the molecule is N#Cc1c(NC(=O)COC(=O)c2ccc[nH]2)sc2c1CCCC2. The van der Waals surface area contributed by atoms with E-state index < -0.39 is 11.9 Å². The molecule has 0 atom stereocenters. The highest BCUT2D eigenvalue weighted by molar-refractivity contribution is 7.16. The van der Waals surface area contributed by atoms with Crippen LogP contribution in [0.2, 0.25) is 0 Å². The van der Waals surface area contributed by atoms with Gasteiger partial charge in [0.25, 0.3) is 5.91 Å². The lowest BCUT2D eigenvalue weighted by Gasteiger charge is -2.09. The number of hydrogen-bond acceptors (Lipinski definition) is 5. The molecule has 0 spiro atoms. The zero-order chi connectivity index (χ0) is 16.2. The van der Waals surface area contributed by atoms with Crippen molar-refractivity contribution < 1.29 is 14.3 Å². The minimum absolute atomic E-state index is 0.294. The van der Waals surface area contributed by atoms with Crippen LogP contribution in [0.15, 0.2) is 18.3 Å². The molecule has 0 radical (unpaired) electrons. The van der Waals surface area contributed by atoms with E-state index in [1.807, 2.05) is 0 Å². The van der Waals surface area contributed by atoms with Crippen LogP contribution in [0.3, 0.4) is 0 Å². The molecule has 0 aliphatic heterocycles. The molecule has 0 aromatic carbocycles. The van der Waals surface area contributed by atoms with Gasteiger partial charge in [-0.1, -0.05) is 0 Å². The normalized spacial score (nSPS) is 13.0. The smallest absolute Gasteiger partial charge is 0.355 e. The molecular weight excluding hydrogens is 314 g/mol. The number of fused-ring (bicyclic) bond motifs is 1. The van der Waals surface area contributed by atoms with Crippen LogP contribution >= 0.6 is 11.3 Å². The van der Waals surface area contributed by atoms with Gasteiger partial charge in [0.15, 0.2) is 6.61 Å². The Labute approximate surface area is 137 Å². The van der Waals surface area contributed by atoms with E-state index in [1.165, 1.54) is 16.2 Å². The molecule has 0 bridgehead atoms. The summed E-state index contributed by atoms with van der Waals surface area (Å²) < 4.78 is 4.94. The van der Waals surface area contributed by atoms with Gasteiger partial charge in [0.2, 0.25) is 0 Å². The van der Waals surface area contributed by atoms with Crippen molar-refractivity contribution >= 4 is 28.2 Å². The van der Waals surface area contributed by atoms with Gasteiger partial charge >= 0.3 is 5.97 Å². The van der Waals surface area contributed by atoms with Crippen molar-refractivity contribution in [2.24, 2.45) is 0 Å². The maximum Gasteiger partial charge on any atom is 0.355 e. The Bertz CT molecular complexity index is 771. The maximum atomic E-state index is 12.0. The fourth-order valence-electron chi connectivity index (χ4n) is 2.60. The topological polar surface area (TPSA) is 95.0 Å². The first-order valence-electron chi connectivity index (χ1n) is 7.34. The summed E-state index contributed by atoms with van der Waals surface area (Å²) in [5, 5.41) is 12.6. The second-order valence-corrected chi connectivity index (χ2v) is 6.34. The number of anilines is 1. The van der Waals surface area contributed by atoms with Gasteiger partial charge in [0.05, 0.1) is 5.56 Å². The van der Waals surface area contributed by atoms with E-state index in [-0.39, 0.29) is 6.61 Å². The van der Waals surface area contributed by atoms with E-state index in [2.05, 4.69) is 16.4 Å². The van der Waals surface area contributed by atoms with Gasteiger partial charge in [-0.2, -0.15) is 5.26 Å². The summed E-state index contributed by atoms with van der Waals surface area (Å²) >= 11 is 1.45. The van der Waals surface area contributed by atoms with Crippen molar-refractivity contribution in [2.75, 3.05) is 11.9 Å². The highest BCUT2D eigenvalue weighted by atomic mass is 32.1. The zero-order valence-corrected chi connectivity index (χ0v) is 13.2. The number of aromatic amines is 1. The van der Waals surface area contributed by atoms with Gasteiger partial charge in [-0.3, -0.25) is 4.79 Å². The molecule has 23 heavy (non-hydrogen) atoms. The predicted molar refractivity (Wildman–Crippen MR) is 85.4 cm³/mol. The number of esters is 1. The van der Waals surface area contributed by atoms with Crippen LogP contribution in [-0.4, -0.2) is 23.5 Å². The minimum atomic E-state index is -0.587. The molecule has 0 saturated heterocycles. The Morgan fingerprint density at radius 2 is 2.22 bits per heavy atom. The first kappa shape index (κ1) is 15.3. The van der Waals surface area contributed by atoms with Crippen molar-refractivity contribution in [3.8, 4) is 6.07 Å². The van der Waals surface area contributed by atoms with E-state index in [4.69, 9.17) is 4.74 Å². The Morgan fingerprint density at radius 3 is 2.96 bits per heavy atom. The number of hydrogen-bond donors (Lipinski definition) is 2. The standard InChI is InChI=1S/C16H15N3O3S/c17-8-11-10-4-1-2-6-13(10)23-15(11)19-14(20)9-22-16(21)12-5-3-7-18-12/h3,5,7,18H,1-2,4,6,9H2,(H,19,20). The molecule has 0 saturated carbocycles.